The van der Waals surface area contributed by atoms with E-state index in [1.54, 1.807) is 56.0 Å². The Bertz CT molecular complexity index is 1510. The Hall–Kier alpha value is -4.80. The maximum absolute atomic E-state index is 13.4. The summed E-state index contributed by atoms with van der Waals surface area (Å²) in [7, 11) is 0. The molecule has 1 aliphatic heterocycles. The van der Waals surface area contributed by atoms with Crippen molar-refractivity contribution in [1.82, 2.24) is 0 Å². The minimum atomic E-state index is -0.538. The smallest absolute Gasteiger partial charge is 0.332 e. The first-order chi connectivity index (χ1) is 21.1. The fourth-order valence-electron chi connectivity index (χ4n) is 4.43. The number of non-ortho nitro benzene ring substituents is 1. The largest absolute Gasteiger partial charge is 0.491 e. The molecule has 0 bridgehead atoms. The van der Waals surface area contributed by atoms with Crippen LogP contribution in [-0.2, 0) is 30.3 Å². The summed E-state index contributed by atoms with van der Waals surface area (Å²) in [6, 6.07) is 21.4. The molecule has 0 N–H and O–H groups in total. The molecule has 0 fully saturated rings. The highest BCUT2D eigenvalue weighted by atomic mass is 16.6. The molecule has 3 aromatic carbocycles. The molecule has 230 valence electrons. The maximum Gasteiger partial charge on any atom is 0.332 e. The fourth-order valence-corrected chi connectivity index (χ4v) is 4.43. The number of rotatable bonds is 14. The van der Waals surface area contributed by atoms with Crippen LogP contribution < -0.4 is 9.64 Å². The standard InChI is InChI=1S/C34H36N2O8/c1-34(2,3)44-32(37)24-42-20-19-41-21-22-43-28-17-13-26(14-18-28)23-35-31-10-5-4-8-29(31)30(33(35)38)9-6-7-25-11-15-27(16-12-25)36(39)40/h4-18H,19-24H2,1-3H3/b7-6+,30-9-. The molecule has 0 spiro atoms. The third-order valence-corrected chi connectivity index (χ3v) is 6.39. The Kier molecular flexibility index (Phi) is 11.0. The highest BCUT2D eigenvalue weighted by molar-refractivity contribution is 6.32. The number of para-hydroxylation sites is 1. The monoisotopic (exact) mass is 600 g/mol. The van der Waals surface area contributed by atoms with E-state index in [1.807, 2.05) is 48.5 Å². The average Bonchev–Trinajstić information content (AvgIpc) is 3.25. The number of carbonyl (C=O) groups excluding carboxylic acids is 2. The van der Waals surface area contributed by atoms with Gasteiger partial charge in [-0.25, -0.2) is 4.79 Å². The molecule has 1 aliphatic rings. The normalized spacial score (nSPS) is 13.8. The number of esters is 1. The van der Waals surface area contributed by atoms with E-state index in [2.05, 4.69) is 0 Å². The molecule has 0 aromatic heterocycles. The number of ether oxygens (including phenoxy) is 4. The van der Waals surface area contributed by atoms with Gasteiger partial charge in [-0.3, -0.25) is 14.9 Å². The van der Waals surface area contributed by atoms with Gasteiger partial charge in [0.05, 0.1) is 37.0 Å². The van der Waals surface area contributed by atoms with Crippen molar-refractivity contribution in [1.29, 1.82) is 0 Å². The second kappa shape index (κ2) is 15.1. The second-order valence-corrected chi connectivity index (χ2v) is 10.9. The number of carbonyl (C=O) groups is 2. The summed E-state index contributed by atoms with van der Waals surface area (Å²) in [5.74, 6) is 0.171. The zero-order valence-corrected chi connectivity index (χ0v) is 25.1. The Morgan fingerprint density at radius 2 is 1.59 bits per heavy atom. The Balaban J connectivity index is 1.24. The number of hydrogen-bond donors (Lipinski definition) is 0. The van der Waals surface area contributed by atoms with Crippen LogP contribution in [0.25, 0.3) is 11.6 Å². The van der Waals surface area contributed by atoms with Crippen LogP contribution in [0, 0.1) is 10.1 Å². The van der Waals surface area contributed by atoms with Gasteiger partial charge in [0.25, 0.3) is 11.6 Å². The number of hydrogen-bond acceptors (Lipinski definition) is 8. The van der Waals surface area contributed by atoms with Gasteiger partial charge in [0.2, 0.25) is 0 Å². The Morgan fingerprint density at radius 1 is 0.909 bits per heavy atom. The molecule has 10 heteroatoms. The van der Waals surface area contributed by atoms with E-state index in [0.29, 0.717) is 37.7 Å². The van der Waals surface area contributed by atoms with Gasteiger partial charge >= 0.3 is 5.97 Å². The van der Waals surface area contributed by atoms with Crippen molar-refractivity contribution in [2.45, 2.75) is 32.9 Å². The van der Waals surface area contributed by atoms with Gasteiger partial charge in [-0.1, -0.05) is 42.5 Å². The Labute approximate surface area is 256 Å². The van der Waals surface area contributed by atoms with Crippen molar-refractivity contribution in [2.75, 3.05) is 37.9 Å². The predicted octanol–water partition coefficient (Wildman–Crippen LogP) is 5.99. The van der Waals surface area contributed by atoms with Crippen molar-refractivity contribution in [2.24, 2.45) is 0 Å². The highest BCUT2D eigenvalue weighted by Gasteiger charge is 2.31. The number of fused-ring (bicyclic) bond motifs is 1. The minimum absolute atomic E-state index is 0.0282. The number of nitrogens with zero attached hydrogens (tertiary/aromatic N) is 2. The van der Waals surface area contributed by atoms with E-state index in [-0.39, 0.29) is 24.8 Å². The summed E-state index contributed by atoms with van der Waals surface area (Å²) in [5, 5.41) is 10.9. The highest BCUT2D eigenvalue weighted by Crippen LogP contribution is 2.37. The van der Waals surface area contributed by atoms with E-state index in [4.69, 9.17) is 18.9 Å². The van der Waals surface area contributed by atoms with Gasteiger partial charge in [-0.2, -0.15) is 0 Å². The number of anilines is 1. The molecule has 10 nitrogen and oxygen atoms in total. The predicted molar refractivity (Wildman–Crippen MR) is 167 cm³/mol. The number of nitro groups is 1. The zero-order valence-electron chi connectivity index (χ0n) is 25.1. The first kappa shape index (κ1) is 32.1. The molecule has 0 aliphatic carbocycles. The van der Waals surface area contributed by atoms with Gasteiger partial charge in [0, 0.05) is 23.3 Å². The van der Waals surface area contributed by atoms with E-state index >= 15 is 0 Å². The lowest BCUT2D eigenvalue weighted by atomic mass is 10.1. The maximum atomic E-state index is 13.4. The molecule has 0 atom stereocenters. The van der Waals surface area contributed by atoms with Gasteiger partial charge in [0.1, 0.15) is 24.6 Å². The van der Waals surface area contributed by atoms with Gasteiger partial charge in [0.15, 0.2) is 0 Å². The molecule has 3 aromatic rings. The molecule has 0 unspecified atom stereocenters. The number of amides is 1. The first-order valence-electron chi connectivity index (χ1n) is 14.2. The van der Waals surface area contributed by atoms with Crippen LogP contribution in [0.2, 0.25) is 0 Å². The van der Waals surface area contributed by atoms with Crippen LogP contribution in [0.5, 0.6) is 5.75 Å². The van der Waals surface area contributed by atoms with Crippen molar-refractivity contribution in [3.8, 4) is 5.75 Å². The minimum Gasteiger partial charge on any atom is -0.491 e. The van der Waals surface area contributed by atoms with Crippen LogP contribution in [0.3, 0.4) is 0 Å². The summed E-state index contributed by atoms with van der Waals surface area (Å²) < 4.78 is 21.7. The van der Waals surface area contributed by atoms with Crippen molar-refractivity contribution >= 4 is 34.9 Å². The molecule has 0 radical (unpaired) electrons. The number of nitro benzene ring substituents is 1. The van der Waals surface area contributed by atoms with Crippen LogP contribution in [0.4, 0.5) is 11.4 Å². The molecule has 44 heavy (non-hydrogen) atoms. The molecule has 4 rings (SSSR count). The summed E-state index contributed by atoms with van der Waals surface area (Å²) >= 11 is 0. The molecular formula is C34H36N2O8. The van der Waals surface area contributed by atoms with Crippen molar-refractivity contribution in [3.05, 3.63) is 112 Å². The molecule has 0 saturated carbocycles. The summed E-state index contributed by atoms with van der Waals surface area (Å²) in [6.07, 6.45) is 5.36. The lowest BCUT2D eigenvalue weighted by Crippen LogP contribution is -2.27. The topological polar surface area (TPSA) is 117 Å². The third-order valence-electron chi connectivity index (χ3n) is 6.39. The summed E-state index contributed by atoms with van der Waals surface area (Å²) in [4.78, 5) is 37.2. The molecule has 1 amide bonds. The van der Waals surface area contributed by atoms with Gasteiger partial charge < -0.3 is 23.8 Å². The lowest BCUT2D eigenvalue weighted by Gasteiger charge is -2.19. The second-order valence-electron chi connectivity index (χ2n) is 10.9. The molecule has 1 heterocycles. The van der Waals surface area contributed by atoms with E-state index in [1.165, 1.54) is 12.1 Å². The number of allylic oxidation sites excluding steroid dienone is 2. The molecule has 0 saturated heterocycles. The van der Waals surface area contributed by atoms with E-state index < -0.39 is 16.5 Å². The van der Waals surface area contributed by atoms with Crippen LogP contribution in [0.15, 0.2) is 84.9 Å². The Morgan fingerprint density at radius 3 is 2.30 bits per heavy atom. The third kappa shape index (κ3) is 9.35. The van der Waals surface area contributed by atoms with Crippen molar-refractivity contribution in [3.63, 3.8) is 0 Å². The first-order valence-corrected chi connectivity index (χ1v) is 14.2. The number of benzene rings is 3. The van der Waals surface area contributed by atoms with Crippen LogP contribution in [0.1, 0.15) is 37.5 Å². The lowest BCUT2D eigenvalue weighted by molar-refractivity contribution is -0.384. The zero-order chi connectivity index (χ0) is 31.5. The van der Waals surface area contributed by atoms with E-state index in [0.717, 1.165) is 22.4 Å². The van der Waals surface area contributed by atoms with Gasteiger partial charge in [-0.15, -0.1) is 0 Å². The summed E-state index contributed by atoms with van der Waals surface area (Å²) in [5.41, 5.74) is 3.49. The molecular weight excluding hydrogens is 564 g/mol. The van der Waals surface area contributed by atoms with E-state index in [9.17, 15) is 19.7 Å². The quantitative estimate of drug-likeness (QED) is 0.0728. The van der Waals surface area contributed by atoms with Crippen LogP contribution in [-0.4, -0.2) is 55.4 Å². The average molecular weight is 601 g/mol. The van der Waals surface area contributed by atoms with Crippen molar-refractivity contribution < 1.29 is 33.5 Å². The SMILES string of the molecule is CC(C)(C)OC(=O)COCCOCCOc1ccc(CN2C(=O)/C(=C\C=C\c3ccc([N+](=O)[O-])cc3)c3ccccc32)cc1. The fraction of sp³-hybridized carbons (Fsp3) is 0.294. The van der Waals surface area contributed by atoms with Gasteiger partial charge in [-0.05, 0) is 68.3 Å². The summed E-state index contributed by atoms with van der Waals surface area (Å²) in [6.45, 7) is 7.02. The van der Waals surface area contributed by atoms with Crippen LogP contribution >= 0.6 is 0 Å².